The van der Waals surface area contributed by atoms with E-state index in [9.17, 15) is 13.6 Å². The monoisotopic (exact) mass is 298 g/mol. The summed E-state index contributed by atoms with van der Waals surface area (Å²) in [5.74, 6) is -3.17. The summed E-state index contributed by atoms with van der Waals surface area (Å²) in [4.78, 5) is 11.3. The molecule has 0 spiro atoms. The number of methoxy groups -OCH3 is 1. The van der Waals surface area contributed by atoms with E-state index in [4.69, 9.17) is 5.73 Å². The molecule has 1 aliphatic carbocycles. The lowest BCUT2D eigenvalue weighted by Gasteiger charge is -2.24. The molecule has 0 aromatic heterocycles. The third-order valence-electron chi connectivity index (χ3n) is 3.90. The van der Waals surface area contributed by atoms with Gasteiger partial charge in [-0.25, -0.2) is 13.6 Å². The molecule has 116 valence electrons. The van der Waals surface area contributed by atoms with Crippen molar-refractivity contribution in [2.75, 3.05) is 12.4 Å². The molecule has 2 rings (SSSR count). The first-order valence-electron chi connectivity index (χ1n) is 7.13. The van der Waals surface area contributed by atoms with Crippen molar-refractivity contribution in [2.45, 2.75) is 44.2 Å². The van der Waals surface area contributed by atoms with Crippen LogP contribution in [0.2, 0.25) is 0 Å². The fourth-order valence-corrected chi connectivity index (χ4v) is 2.64. The number of benzene rings is 1. The van der Waals surface area contributed by atoms with Crippen LogP contribution in [0.25, 0.3) is 0 Å². The van der Waals surface area contributed by atoms with Gasteiger partial charge < -0.3 is 15.8 Å². The second-order valence-corrected chi connectivity index (χ2v) is 5.33. The summed E-state index contributed by atoms with van der Waals surface area (Å²) in [6.07, 6.45) is 4.85. The number of anilines is 1. The van der Waals surface area contributed by atoms with E-state index in [1.165, 1.54) is 12.1 Å². The fraction of sp³-hybridized carbons (Fsp3) is 0.533. The third-order valence-corrected chi connectivity index (χ3v) is 3.90. The molecule has 0 radical (unpaired) electrons. The Hall–Kier alpha value is -1.69. The molecule has 1 fully saturated rings. The number of ether oxygens (including phenoxy) is 1. The maximum absolute atomic E-state index is 14.1. The summed E-state index contributed by atoms with van der Waals surface area (Å²) in [5.41, 5.74) is 5.68. The van der Waals surface area contributed by atoms with Crippen LogP contribution in [0.3, 0.4) is 0 Å². The van der Waals surface area contributed by atoms with E-state index >= 15 is 0 Å². The molecule has 0 bridgehead atoms. The first-order valence-corrected chi connectivity index (χ1v) is 7.13. The minimum Gasteiger partial charge on any atom is -0.465 e. The molecule has 1 saturated carbocycles. The molecule has 0 amide bonds. The number of hydrogen-bond donors (Lipinski definition) is 2. The van der Waals surface area contributed by atoms with E-state index in [1.807, 2.05) is 0 Å². The third kappa shape index (κ3) is 3.50. The SMILES string of the molecule is COC(=O)c1ccc(NC2CCCCCC2N)c(F)c1F. The fourth-order valence-electron chi connectivity index (χ4n) is 2.64. The quantitative estimate of drug-likeness (QED) is 0.665. The Morgan fingerprint density at radius 1 is 1.24 bits per heavy atom. The van der Waals surface area contributed by atoms with Gasteiger partial charge in [0.15, 0.2) is 11.6 Å². The minimum absolute atomic E-state index is 0.0301. The number of carbonyl (C=O) groups is 1. The van der Waals surface area contributed by atoms with Crippen LogP contribution < -0.4 is 11.1 Å². The molecular weight excluding hydrogens is 278 g/mol. The summed E-state index contributed by atoms with van der Waals surface area (Å²) in [7, 11) is 1.12. The number of carbonyl (C=O) groups excluding carboxylic acids is 1. The summed E-state index contributed by atoms with van der Waals surface area (Å²) in [6, 6.07) is 2.39. The summed E-state index contributed by atoms with van der Waals surface area (Å²) < 4.78 is 32.3. The number of hydrogen-bond acceptors (Lipinski definition) is 4. The molecule has 2 unspecified atom stereocenters. The van der Waals surface area contributed by atoms with Gasteiger partial charge in [0, 0.05) is 12.1 Å². The van der Waals surface area contributed by atoms with E-state index in [0.717, 1.165) is 39.2 Å². The largest absolute Gasteiger partial charge is 0.465 e. The van der Waals surface area contributed by atoms with Crippen molar-refractivity contribution in [1.82, 2.24) is 0 Å². The van der Waals surface area contributed by atoms with Crippen molar-refractivity contribution in [3.05, 3.63) is 29.3 Å². The summed E-state index contributed by atoms with van der Waals surface area (Å²) in [5, 5.41) is 2.97. The van der Waals surface area contributed by atoms with E-state index in [0.29, 0.717) is 0 Å². The topological polar surface area (TPSA) is 64.3 Å². The molecule has 0 aliphatic heterocycles. The molecule has 0 saturated heterocycles. The van der Waals surface area contributed by atoms with Gasteiger partial charge in [0.25, 0.3) is 0 Å². The predicted molar refractivity (Wildman–Crippen MR) is 76.2 cm³/mol. The van der Waals surface area contributed by atoms with Crippen molar-refractivity contribution in [3.8, 4) is 0 Å². The van der Waals surface area contributed by atoms with Crippen molar-refractivity contribution in [2.24, 2.45) is 5.73 Å². The predicted octanol–water partition coefficient (Wildman–Crippen LogP) is 2.82. The number of nitrogens with two attached hydrogens (primary N) is 1. The Bertz CT molecular complexity index is 523. The lowest BCUT2D eigenvalue weighted by Crippen LogP contribution is -2.39. The average Bonchev–Trinajstić information content (AvgIpc) is 2.68. The molecule has 1 aromatic rings. The lowest BCUT2D eigenvalue weighted by molar-refractivity contribution is 0.0594. The molecule has 2 atom stereocenters. The number of halogens is 2. The zero-order valence-corrected chi connectivity index (χ0v) is 12.0. The van der Waals surface area contributed by atoms with Gasteiger partial charge in [-0.05, 0) is 25.0 Å². The Labute approximate surface area is 122 Å². The van der Waals surface area contributed by atoms with Crippen LogP contribution >= 0.6 is 0 Å². The molecular formula is C15H20F2N2O2. The van der Waals surface area contributed by atoms with Crippen LogP contribution in [-0.4, -0.2) is 25.2 Å². The van der Waals surface area contributed by atoms with Crippen molar-refractivity contribution >= 4 is 11.7 Å². The normalized spacial score (nSPS) is 22.5. The maximum Gasteiger partial charge on any atom is 0.340 e. The van der Waals surface area contributed by atoms with Crippen LogP contribution in [0, 0.1) is 11.6 Å². The van der Waals surface area contributed by atoms with Crippen molar-refractivity contribution < 1.29 is 18.3 Å². The Morgan fingerprint density at radius 2 is 1.95 bits per heavy atom. The standard InChI is InChI=1S/C15H20F2N2O2/c1-21-15(20)9-7-8-12(14(17)13(9)16)19-11-6-4-2-3-5-10(11)18/h7-8,10-11,19H,2-6,18H2,1H3. The number of rotatable bonds is 3. The summed E-state index contributed by atoms with van der Waals surface area (Å²) >= 11 is 0. The van der Waals surface area contributed by atoms with Gasteiger partial charge in [-0.3, -0.25) is 0 Å². The van der Waals surface area contributed by atoms with Gasteiger partial charge >= 0.3 is 5.97 Å². The molecule has 0 heterocycles. The zero-order valence-electron chi connectivity index (χ0n) is 12.0. The van der Waals surface area contributed by atoms with Crippen LogP contribution in [0.15, 0.2) is 12.1 Å². The molecule has 6 heteroatoms. The van der Waals surface area contributed by atoms with Gasteiger partial charge in [-0.1, -0.05) is 19.3 Å². The van der Waals surface area contributed by atoms with E-state index in [-0.39, 0.29) is 17.8 Å². The van der Waals surface area contributed by atoms with Gasteiger partial charge in [0.1, 0.15) is 0 Å². The zero-order chi connectivity index (χ0) is 15.4. The molecule has 3 N–H and O–H groups in total. The smallest absolute Gasteiger partial charge is 0.340 e. The first-order chi connectivity index (χ1) is 10.0. The molecule has 21 heavy (non-hydrogen) atoms. The number of esters is 1. The molecule has 4 nitrogen and oxygen atoms in total. The van der Waals surface area contributed by atoms with Crippen molar-refractivity contribution in [1.29, 1.82) is 0 Å². The highest BCUT2D eigenvalue weighted by molar-refractivity contribution is 5.90. The van der Waals surface area contributed by atoms with Gasteiger partial charge in [-0.2, -0.15) is 0 Å². The Kier molecular flexibility index (Phi) is 5.12. The average molecular weight is 298 g/mol. The van der Waals surface area contributed by atoms with Crippen LogP contribution in [0.1, 0.15) is 42.5 Å². The van der Waals surface area contributed by atoms with Gasteiger partial charge in [0.05, 0.1) is 18.4 Å². The summed E-state index contributed by atoms with van der Waals surface area (Å²) in [6.45, 7) is 0. The van der Waals surface area contributed by atoms with Crippen molar-refractivity contribution in [3.63, 3.8) is 0 Å². The number of nitrogens with one attached hydrogen (secondary N) is 1. The van der Waals surface area contributed by atoms with E-state index in [2.05, 4.69) is 10.1 Å². The Balaban J connectivity index is 2.20. The highest BCUT2D eigenvalue weighted by Gasteiger charge is 2.24. The minimum atomic E-state index is -1.20. The van der Waals surface area contributed by atoms with Gasteiger partial charge in [-0.15, -0.1) is 0 Å². The van der Waals surface area contributed by atoms with E-state index < -0.39 is 23.2 Å². The molecule has 1 aromatic carbocycles. The van der Waals surface area contributed by atoms with Crippen LogP contribution in [0.4, 0.5) is 14.5 Å². The first kappa shape index (κ1) is 15.7. The van der Waals surface area contributed by atoms with E-state index in [1.54, 1.807) is 0 Å². The lowest BCUT2D eigenvalue weighted by atomic mass is 10.0. The highest BCUT2D eigenvalue weighted by atomic mass is 19.2. The van der Waals surface area contributed by atoms with Crippen LogP contribution in [0.5, 0.6) is 0 Å². The maximum atomic E-state index is 14.1. The second-order valence-electron chi connectivity index (χ2n) is 5.33. The Morgan fingerprint density at radius 3 is 2.67 bits per heavy atom. The molecule has 1 aliphatic rings. The van der Waals surface area contributed by atoms with Crippen LogP contribution in [-0.2, 0) is 4.74 Å². The second kappa shape index (κ2) is 6.85. The van der Waals surface area contributed by atoms with Gasteiger partial charge in [0.2, 0.25) is 0 Å². The highest BCUT2D eigenvalue weighted by Crippen LogP contribution is 2.25.